The van der Waals surface area contributed by atoms with Crippen LogP contribution in [0.1, 0.15) is 39.4 Å². The van der Waals surface area contributed by atoms with E-state index in [-0.39, 0.29) is 33.8 Å². The molecular weight excluding hydrogens is 472 g/mol. The molecule has 0 bridgehead atoms. The maximum atomic E-state index is 13.5. The number of rotatable bonds is 6. The van der Waals surface area contributed by atoms with E-state index in [4.69, 9.17) is 16.3 Å². The molecule has 1 saturated carbocycles. The molecule has 2 N–H and O–H groups in total. The summed E-state index contributed by atoms with van der Waals surface area (Å²) in [7, 11) is 1.43. The van der Waals surface area contributed by atoms with Gasteiger partial charge in [0, 0.05) is 12.3 Å². The van der Waals surface area contributed by atoms with Gasteiger partial charge in [-0.2, -0.15) is 10.4 Å². The number of methoxy groups -OCH3 is 1. The highest BCUT2D eigenvalue weighted by Crippen LogP contribution is 2.35. The number of aromatic nitrogens is 5. The Labute approximate surface area is 204 Å². The highest BCUT2D eigenvalue weighted by molar-refractivity contribution is 6.32. The molecule has 0 spiro atoms. The number of carbonyl (C=O) groups is 2. The largest absolute Gasteiger partial charge is 0.480 e. The average molecular weight is 491 g/mol. The fourth-order valence-corrected chi connectivity index (χ4v) is 3.92. The van der Waals surface area contributed by atoms with E-state index in [1.807, 2.05) is 0 Å². The fraction of sp³-hybridized carbons (Fsp3) is 0.217. The maximum absolute atomic E-state index is 13.5. The summed E-state index contributed by atoms with van der Waals surface area (Å²) < 4.78 is 7.91. The van der Waals surface area contributed by atoms with Crippen molar-refractivity contribution in [3.63, 3.8) is 0 Å². The van der Waals surface area contributed by atoms with E-state index in [2.05, 4.69) is 31.9 Å². The van der Waals surface area contributed by atoms with Crippen molar-refractivity contribution in [3.05, 3.63) is 64.7 Å². The van der Waals surface area contributed by atoms with Crippen molar-refractivity contribution in [2.75, 3.05) is 12.4 Å². The van der Waals surface area contributed by atoms with Gasteiger partial charge in [0.05, 0.1) is 35.6 Å². The lowest BCUT2D eigenvalue weighted by Crippen LogP contribution is -2.37. The van der Waals surface area contributed by atoms with Gasteiger partial charge in [-0.3, -0.25) is 9.59 Å². The Kier molecular flexibility index (Phi) is 5.37. The number of hydrogen-bond donors (Lipinski definition) is 2. The minimum atomic E-state index is -0.900. The topological polar surface area (TPSA) is 139 Å². The Morgan fingerprint density at radius 2 is 2.03 bits per heavy atom. The summed E-state index contributed by atoms with van der Waals surface area (Å²) >= 11 is 6.29. The van der Waals surface area contributed by atoms with E-state index in [1.165, 1.54) is 28.6 Å². The van der Waals surface area contributed by atoms with Crippen LogP contribution in [-0.2, 0) is 0 Å². The van der Waals surface area contributed by atoms with E-state index in [0.29, 0.717) is 23.9 Å². The number of amides is 2. The van der Waals surface area contributed by atoms with Crippen LogP contribution in [0.15, 0.2) is 42.7 Å². The number of fused-ring (bicyclic) bond motifs is 1. The molecule has 5 rings (SSSR count). The molecule has 1 aliphatic rings. The number of nitrogens with zero attached hydrogens (tertiary/aromatic N) is 6. The van der Waals surface area contributed by atoms with E-state index >= 15 is 0 Å². The van der Waals surface area contributed by atoms with Crippen molar-refractivity contribution in [2.24, 2.45) is 0 Å². The second kappa shape index (κ2) is 8.41. The summed E-state index contributed by atoms with van der Waals surface area (Å²) in [6, 6.07) is 10.4. The van der Waals surface area contributed by atoms with Gasteiger partial charge in [-0.25, -0.2) is 14.2 Å². The third-order valence-corrected chi connectivity index (χ3v) is 6.01. The van der Waals surface area contributed by atoms with Gasteiger partial charge in [-0.05, 0) is 49.6 Å². The molecular formula is C23H19ClN8O3. The molecule has 0 aliphatic heterocycles. The molecule has 0 radical (unpaired) electrons. The van der Waals surface area contributed by atoms with Crippen LogP contribution in [0.3, 0.4) is 0 Å². The van der Waals surface area contributed by atoms with Crippen molar-refractivity contribution >= 4 is 34.6 Å². The zero-order valence-corrected chi connectivity index (χ0v) is 19.5. The zero-order chi connectivity index (χ0) is 24.7. The molecule has 0 atom stereocenters. The standard InChI is InChI=1S/C23H19ClN8O3/c1-13-10-14-5-9-27-31(14)19(22(34)29-23(12-25)6-7-23)18(13)28-21(33)16-11-17(35-2)30-32(16)20-15(24)4-3-8-26-20/h3-5,8-11H,6-7H2,1-2H3,(H,28,33)(H,29,34). The Morgan fingerprint density at radius 3 is 2.71 bits per heavy atom. The molecule has 2 amide bonds. The van der Waals surface area contributed by atoms with Crippen LogP contribution in [0.2, 0.25) is 5.02 Å². The number of nitrogens with one attached hydrogen (secondary N) is 2. The first-order valence-electron chi connectivity index (χ1n) is 10.6. The summed E-state index contributed by atoms with van der Waals surface area (Å²) in [6.45, 7) is 1.77. The number of aryl methyl sites for hydroxylation is 1. The molecule has 35 heavy (non-hydrogen) atoms. The van der Waals surface area contributed by atoms with Crippen molar-refractivity contribution in [2.45, 2.75) is 25.3 Å². The van der Waals surface area contributed by atoms with Crippen molar-refractivity contribution in [3.8, 4) is 17.8 Å². The lowest BCUT2D eigenvalue weighted by Gasteiger charge is -2.17. The fourth-order valence-electron chi connectivity index (χ4n) is 3.72. The van der Waals surface area contributed by atoms with Gasteiger partial charge >= 0.3 is 0 Å². The Balaban J connectivity index is 1.58. The zero-order valence-electron chi connectivity index (χ0n) is 18.7. The van der Waals surface area contributed by atoms with Crippen LogP contribution in [0.5, 0.6) is 5.88 Å². The first-order chi connectivity index (χ1) is 16.9. The molecule has 176 valence electrons. The smallest absolute Gasteiger partial charge is 0.274 e. The van der Waals surface area contributed by atoms with Crippen LogP contribution in [0, 0.1) is 18.3 Å². The number of nitriles is 1. The number of halogens is 1. The number of pyridine rings is 2. The molecule has 4 aromatic heterocycles. The summed E-state index contributed by atoms with van der Waals surface area (Å²) in [5.74, 6) is -0.675. The third-order valence-electron chi connectivity index (χ3n) is 5.72. The second-order valence-corrected chi connectivity index (χ2v) is 8.52. The van der Waals surface area contributed by atoms with Crippen LogP contribution in [0.25, 0.3) is 11.3 Å². The number of ether oxygens (including phenoxy) is 1. The predicted octanol–water partition coefficient (Wildman–Crippen LogP) is 2.92. The molecule has 4 heterocycles. The van der Waals surface area contributed by atoms with Crippen molar-refractivity contribution in [1.29, 1.82) is 5.26 Å². The lowest BCUT2D eigenvalue weighted by atomic mass is 10.1. The van der Waals surface area contributed by atoms with Gasteiger partial charge in [-0.15, -0.1) is 5.10 Å². The molecule has 0 aromatic carbocycles. The molecule has 4 aromatic rings. The number of carbonyl (C=O) groups excluding carboxylic acids is 2. The van der Waals surface area contributed by atoms with Gasteiger partial charge in [0.2, 0.25) is 5.88 Å². The normalized spacial score (nSPS) is 13.8. The van der Waals surface area contributed by atoms with Gasteiger partial charge in [0.1, 0.15) is 11.2 Å². The Hall–Kier alpha value is -4.43. The highest BCUT2D eigenvalue weighted by Gasteiger charge is 2.45. The molecule has 1 aliphatic carbocycles. The number of hydrogen-bond acceptors (Lipinski definition) is 7. The second-order valence-electron chi connectivity index (χ2n) is 8.11. The van der Waals surface area contributed by atoms with Crippen molar-refractivity contribution in [1.82, 2.24) is 29.7 Å². The van der Waals surface area contributed by atoms with Gasteiger partial charge in [-0.1, -0.05) is 11.6 Å². The van der Waals surface area contributed by atoms with Gasteiger partial charge in [0.15, 0.2) is 11.5 Å². The quantitative estimate of drug-likeness (QED) is 0.423. The molecule has 1 fully saturated rings. The summed E-state index contributed by atoms with van der Waals surface area (Å²) in [4.78, 5) is 31.0. The molecule has 12 heteroatoms. The summed E-state index contributed by atoms with van der Waals surface area (Å²) in [5, 5.41) is 23.8. The lowest BCUT2D eigenvalue weighted by molar-refractivity contribution is 0.0935. The van der Waals surface area contributed by atoms with Crippen LogP contribution in [0.4, 0.5) is 5.69 Å². The van der Waals surface area contributed by atoms with Crippen LogP contribution >= 0.6 is 11.6 Å². The monoisotopic (exact) mass is 490 g/mol. The maximum Gasteiger partial charge on any atom is 0.274 e. The van der Waals surface area contributed by atoms with Gasteiger partial charge in [0.25, 0.3) is 11.8 Å². The van der Waals surface area contributed by atoms with Crippen LogP contribution in [-0.4, -0.2) is 48.8 Å². The van der Waals surface area contributed by atoms with Crippen LogP contribution < -0.4 is 15.4 Å². The molecule has 11 nitrogen and oxygen atoms in total. The summed E-state index contributed by atoms with van der Waals surface area (Å²) in [6.07, 6.45) is 4.21. The first-order valence-corrected chi connectivity index (χ1v) is 11.0. The minimum absolute atomic E-state index is 0.0875. The SMILES string of the molecule is COc1cc(C(=O)Nc2c(C)cc3ccnn3c2C(=O)NC2(C#N)CC2)n(-c2ncccc2Cl)n1. The van der Waals surface area contributed by atoms with E-state index in [0.717, 1.165) is 0 Å². The Morgan fingerprint density at radius 1 is 1.23 bits per heavy atom. The van der Waals surface area contributed by atoms with Gasteiger partial charge < -0.3 is 15.4 Å². The molecule has 0 unspecified atom stereocenters. The summed E-state index contributed by atoms with van der Waals surface area (Å²) in [5.41, 5.74) is 0.838. The third kappa shape index (κ3) is 3.94. The van der Waals surface area contributed by atoms with E-state index < -0.39 is 17.4 Å². The van der Waals surface area contributed by atoms with E-state index in [9.17, 15) is 14.9 Å². The predicted molar refractivity (Wildman–Crippen MR) is 126 cm³/mol. The first kappa shape index (κ1) is 22.4. The average Bonchev–Trinajstić information content (AvgIpc) is 3.25. The Bertz CT molecular complexity index is 1530. The van der Waals surface area contributed by atoms with E-state index in [1.54, 1.807) is 37.4 Å². The number of anilines is 1. The minimum Gasteiger partial charge on any atom is -0.480 e. The van der Waals surface area contributed by atoms with Crippen molar-refractivity contribution < 1.29 is 14.3 Å². The highest BCUT2D eigenvalue weighted by atomic mass is 35.5. The molecule has 0 saturated heterocycles.